The molecule has 3 rings (SSSR count). The van der Waals surface area contributed by atoms with Gasteiger partial charge in [0.05, 0.1) is 12.1 Å². The molecule has 2 heterocycles. The molecule has 146 valence electrons. The van der Waals surface area contributed by atoms with Gasteiger partial charge in [-0.05, 0) is 43.4 Å². The number of carbonyl (C=O) groups excluding carboxylic acids is 1. The molecule has 1 aliphatic rings. The van der Waals surface area contributed by atoms with E-state index in [4.69, 9.17) is 17.3 Å². The first-order chi connectivity index (χ1) is 12.5. The van der Waals surface area contributed by atoms with E-state index >= 15 is 0 Å². The van der Waals surface area contributed by atoms with Crippen LogP contribution in [-0.2, 0) is 6.54 Å². The molecule has 0 bridgehead atoms. The molecule has 0 saturated carbocycles. The highest BCUT2D eigenvalue weighted by molar-refractivity contribution is 6.31. The number of aromatic nitrogens is 1. The summed E-state index contributed by atoms with van der Waals surface area (Å²) >= 11 is 6.19. The molecule has 1 fully saturated rings. The number of nitrogens with zero attached hydrogens (tertiary/aromatic N) is 2. The Hall–Kier alpha value is -1.82. The number of likely N-dealkylation sites (tertiary alicyclic amines) is 1. The van der Waals surface area contributed by atoms with Gasteiger partial charge < -0.3 is 15.2 Å². The molecular formula is C20H25Cl2N3O2. The monoisotopic (exact) mass is 409 g/mol. The van der Waals surface area contributed by atoms with Crippen LogP contribution in [0.1, 0.15) is 35.7 Å². The zero-order chi connectivity index (χ0) is 18.7. The fourth-order valence-electron chi connectivity index (χ4n) is 3.40. The molecule has 2 N–H and O–H groups in total. The second-order valence-electron chi connectivity index (χ2n) is 6.99. The molecule has 1 aliphatic heterocycles. The number of hydrogen-bond donors (Lipinski definition) is 1. The number of rotatable bonds is 4. The van der Waals surface area contributed by atoms with Gasteiger partial charge in [0, 0.05) is 36.4 Å². The van der Waals surface area contributed by atoms with Crippen molar-refractivity contribution in [3.63, 3.8) is 0 Å². The average molecular weight is 410 g/mol. The van der Waals surface area contributed by atoms with E-state index in [1.54, 1.807) is 18.3 Å². The minimum absolute atomic E-state index is 0. The summed E-state index contributed by atoms with van der Waals surface area (Å²) in [6, 6.07) is 10.5. The van der Waals surface area contributed by atoms with Crippen LogP contribution in [0.5, 0.6) is 0 Å². The summed E-state index contributed by atoms with van der Waals surface area (Å²) in [4.78, 5) is 26.9. The molecule has 2 atom stereocenters. The third-order valence-corrected chi connectivity index (χ3v) is 5.39. The van der Waals surface area contributed by atoms with E-state index in [2.05, 4.69) is 0 Å². The van der Waals surface area contributed by atoms with Gasteiger partial charge >= 0.3 is 0 Å². The van der Waals surface area contributed by atoms with Gasteiger partial charge in [0.15, 0.2) is 0 Å². The number of benzene rings is 1. The topological polar surface area (TPSA) is 68.3 Å². The Morgan fingerprint density at radius 2 is 2.04 bits per heavy atom. The molecular weight excluding hydrogens is 385 g/mol. The Morgan fingerprint density at radius 1 is 1.30 bits per heavy atom. The third-order valence-electron chi connectivity index (χ3n) is 5.02. The van der Waals surface area contributed by atoms with Crippen molar-refractivity contribution >= 4 is 29.9 Å². The van der Waals surface area contributed by atoms with Crippen molar-refractivity contribution in [1.29, 1.82) is 0 Å². The molecule has 27 heavy (non-hydrogen) atoms. The minimum Gasteiger partial charge on any atom is -0.338 e. The standard InChI is InChI=1S/C20H24ClN3O2.ClH/c1-14(22)15-6-4-10-23(11-15)20(26)17-8-9-19(25)24(13-17)12-16-5-2-3-7-18(16)21;/h2-3,5,7-9,13-15H,4,6,10-12,22H2,1H3;1H. The van der Waals surface area contributed by atoms with E-state index in [-0.39, 0.29) is 29.9 Å². The molecule has 2 aromatic rings. The molecule has 1 saturated heterocycles. The largest absolute Gasteiger partial charge is 0.338 e. The summed E-state index contributed by atoms with van der Waals surface area (Å²) in [5, 5.41) is 0.604. The Kier molecular flexibility index (Phi) is 7.48. The molecule has 2 unspecified atom stereocenters. The number of amides is 1. The van der Waals surface area contributed by atoms with Gasteiger partial charge in [0.25, 0.3) is 11.5 Å². The second kappa shape index (κ2) is 9.40. The number of piperidine rings is 1. The lowest BCUT2D eigenvalue weighted by Crippen LogP contribution is -2.45. The highest BCUT2D eigenvalue weighted by atomic mass is 35.5. The molecule has 0 spiro atoms. The van der Waals surface area contributed by atoms with Crippen LogP contribution in [0, 0.1) is 5.92 Å². The molecule has 0 aliphatic carbocycles. The van der Waals surface area contributed by atoms with E-state index in [0.29, 0.717) is 29.6 Å². The van der Waals surface area contributed by atoms with Gasteiger partial charge in [0.1, 0.15) is 0 Å². The summed E-state index contributed by atoms with van der Waals surface area (Å²) in [6.45, 7) is 3.72. The lowest BCUT2D eigenvalue weighted by molar-refractivity contribution is 0.0660. The van der Waals surface area contributed by atoms with Crippen molar-refractivity contribution in [1.82, 2.24) is 9.47 Å². The molecule has 5 nitrogen and oxygen atoms in total. The van der Waals surface area contributed by atoms with Gasteiger partial charge in [-0.3, -0.25) is 9.59 Å². The van der Waals surface area contributed by atoms with Crippen LogP contribution in [0.4, 0.5) is 0 Å². The Bertz CT molecular complexity index is 851. The summed E-state index contributed by atoms with van der Waals surface area (Å²) < 4.78 is 1.53. The van der Waals surface area contributed by atoms with Crippen molar-refractivity contribution in [3.8, 4) is 0 Å². The SMILES string of the molecule is CC(N)C1CCCN(C(=O)c2ccc(=O)n(Cc3ccccc3Cl)c2)C1.Cl. The van der Waals surface area contributed by atoms with Crippen LogP contribution in [0.25, 0.3) is 0 Å². The Labute approximate surface area is 170 Å². The van der Waals surface area contributed by atoms with Gasteiger partial charge in [-0.25, -0.2) is 0 Å². The Balaban J connectivity index is 0.00000261. The van der Waals surface area contributed by atoms with Crippen molar-refractivity contribution in [2.24, 2.45) is 11.7 Å². The highest BCUT2D eigenvalue weighted by Crippen LogP contribution is 2.21. The second-order valence-corrected chi connectivity index (χ2v) is 7.40. The first-order valence-electron chi connectivity index (χ1n) is 8.94. The normalized spacial score (nSPS) is 17.9. The molecule has 1 amide bonds. The summed E-state index contributed by atoms with van der Waals surface area (Å²) in [5.41, 5.74) is 7.22. The number of nitrogens with two attached hydrogens (primary N) is 1. The minimum atomic E-state index is -0.159. The van der Waals surface area contributed by atoms with E-state index in [1.807, 2.05) is 30.0 Å². The van der Waals surface area contributed by atoms with Crippen LogP contribution in [-0.4, -0.2) is 34.5 Å². The van der Waals surface area contributed by atoms with Gasteiger partial charge in [-0.1, -0.05) is 29.8 Å². The van der Waals surface area contributed by atoms with Crippen LogP contribution >= 0.6 is 24.0 Å². The van der Waals surface area contributed by atoms with Crippen LogP contribution in [0.15, 0.2) is 47.4 Å². The molecule has 1 aromatic carbocycles. The summed E-state index contributed by atoms with van der Waals surface area (Å²) in [5.74, 6) is 0.269. The molecule has 1 aromatic heterocycles. The van der Waals surface area contributed by atoms with Gasteiger partial charge in [0.2, 0.25) is 0 Å². The van der Waals surface area contributed by atoms with Gasteiger partial charge in [-0.15, -0.1) is 12.4 Å². The molecule has 0 radical (unpaired) electrons. The summed E-state index contributed by atoms with van der Waals surface area (Å²) in [7, 11) is 0. The Morgan fingerprint density at radius 3 is 2.74 bits per heavy atom. The zero-order valence-corrected chi connectivity index (χ0v) is 16.9. The van der Waals surface area contributed by atoms with Crippen molar-refractivity contribution in [2.75, 3.05) is 13.1 Å². The van der Waals surface area contributed by atoms with Crippen molar-refractivity contribution in [3.05, 3.63) is 69.1 Å². The number of carbonyl (C=O) groups is 1. The lowest BCUT2D eigenvalue weighted by atomic mass is 9.92. The number of pyridine rings is 1. The third kappa shape index (κ3) is 5.12. The lowest BCUT2D eigenvalue weighted by Gasteiger charge is -2.34. The van der Waals surface area contributed by atoms with E-state index in [9.17, 15) is 9.59 Å². The summed E-state index contributed by atoms with van der Waals surface area (Å²) in [6.07, 6.45) is 3.63. The van der Waals surface area contributed by atoms with E-state index in [0.717, 1.165) is 24.9 Å². The van der Waals surface area contributed by atoms with E-state index < -0.39 is 0 Å². The fourth-order valence-corrected chi connectivity index (χ4v) is 3.59. The maximum absolute atomic E-state index is 12.9. The van der Waals surface area contributed by atoms with Crippen LogP contribution in [0.2, 0.25) is 5.02 Å². The fraction of sp³-hybridized carbons (Fsp3) is 0.400. The predicted molar refractivity (Wildman–Crippen MR) is 111 cm³/mol. The van der Waals surface area contributed by atoms with Crippen molar-refractivity contribution < 1.29 is 4.79 Å². The number of hydrogen-bond acceptors (Lipinski definition) is 3. The highest BCUT2D eigenvalue weighted by Gasteiger charge is 2.26. The van der Waals surface area contributed by atoms with Gasteiger partial charge in [-0.2, -0.15) is 0 Å². The smallest absolute Gasteiger partial charge is 0.255 e. The quantitative estimate of drug-likeness (QED) is 0.842. The zero-order valence-electron chi connectivity index (χ0n) is 15.3. The van der Waals surface area contributed by atoms with Crippen LogP contribution in [0.3, 0.4) is 0 Å². The van der Waals surface area contributed by atoms with Crippen molar-refractivity contribution in [2.45, 2.75) is 32.4 Å². The predicted octanol–water partition coefficient (Wildman–Crippen LogP) is 3.17. The average Bonchev–Trinajstić information content (AvgIpc) is 2.65. The first kappa shape index (κ1) is 21.5. The van der Waals surface area contributed by atoms with Crippen LogP contribution < -0.4 is 11.3 Å². The first-order valence-corrected chi connectivity index (χ1v) is 9.32. The van der Waals surface area contributed by atoms with E-state index in [1.165, 1.54) is 10.6 Å². The number of halogens is 2. The maximum atomic E-state index is 12.9. The maximum Gasteiger partial charge on any atom is 0.255 e. The molecule has 7 heteroatoms.